The van der Waals surface area contributed by atoms with Crippen molar-refractivity contribution in [2.75, 3.05) is 13.1 Å². The molecule has 1 amide bonds. The molecule has 0 N–H and O–H groups in total. The Morgan fingerprint density at radius 2 is 1.79 bits per heavy atom. The van der Waals surface area contributed by atoms with E-state index < -0.39 is 5.41 Å². The van der Waals surface area contributed by atoms with Gasteiger partial charge in [0.05, 0.1) is 5.92 Å². The number of nitrogens with zero attached hydrogens (tertiary/aromatic N) is 1. The predicted molar refractivity (Wildman–Crippen MR) is 94.9 cm³/mol. The number of hydrogen-bond donors (Lipinski definition) is 0. The molecule has 1 saturated heterocycles. The first kappa shape index (κ1) is 18.5. The number of piperidine rings is 1. The van der Waals surface area contributed by atoms with E-state index in [1.807, 2.05) is 45.0 Å². The first-order valence-electron chi connectivity index (χ1n) is 8.79. The summed E-state index contributed by atoms with van der Waals surface area (Å²) >= 11 is 0. The van der Waals surface area contributed by atoms with Gasteiger partial charge in [0.1, 0.15) is 5.75 Å². The number of carbonyl (C=O) groups excluding carboxylic acids is 2. The summed E-state index contributed by atoms with van der Waals surface area (Å²) in [4.78, 5) is 26.7. The molecule has 1 aromatic rings. The fraction of sp³-hybridized carbons (Fsp3) is 0.600. The van der Waals surface area contributed by atoms with Crippen LogP contribution in [0.3, 0.4) is 0 Å². The average Bonchev–Trinajstić information content (AvgIpc) is 2.54. The summed E-state index contributed by atoms with van der Waals surface area (Å²) in [6, 6.07) is 7.66. The van der Waals surface area contributed by atoms with Gasteiger partial charge in [0.25, 0.3) is 0 Å². The lowest BCUT2D eigenvalue weighted by atomic mass is 9.91. The smallest absolute Gasteiger partial charge is 0.316 e. The monoisotopic (exact) mass is 331 g/mol. The van der Waals surface area contributed by atoms with Gasteiger partial charge in [0.2, 0.25) is 5.91 Å². The minimum atomic E-state index is -0.418. The molecule has 1 atom stereocenters. The summed E-state index contributed by atoms with van der Waals surface area (Å²) in [6.45, 7) is 11.2. The maximum Gasteiger partial charge on any atom is 0.316 e. The van der Waals surface area contributed by atoms with Gasteiger partial charge in [-0.05, 0) is 36.5 Å². The first-order chi connectivity index (χ1) is 11.2. The fourth-order valence-electron chi connectivity index (χ4n) is 2.95. The lowest BCUT2D eigenvalue weighted by Gasteiger charge is -2.35. The van der Waals surface area contributed by atoms with Gasteiger partial charge in [0, 0.05) is 18.5 Å². The first-order valence-corrected chi connectivity index (χ1v) is 8.79. The number of likely N-dealkylation sites (tertiary alicyclic amines) is 1. The van der Waals surface area contributed by atoms with Crippen LogP contribution >= 0.6 is 0 Å². The molecule has 0 bridgehead atoms. The Balaban J connectivity index is 1.98. The number of carbonyl (C=O) groups is 2. The van der Waals surface area contributed by atoms with Crippen LogP contribution in [0.4, 0.5) is 0 Å². The van der Waals surface area contributed by atoms with Crippen molar-refractivity contribution in [2.45, 2.75) is 53.4 Å². The molecule has 2 rings (SSSR count). The zero-order chi connectivity index (χ0) is 17.9. The van der Waals surface area contributed by atoms with Crippen molar-refractivity contribution in [3.05, 3.63) is 29.8 Å². The number of benzene rings is 1. The Bertz CT molecular complexity index is 584. The van der Waals surface area contributed by atoms with E-state index >= 15 is 0 Å². The van der Waals surface area contributed by atoms with Crippen LogP contribution in [-0.4, -0.2) is 29.9 Å². The zero-order valence-electron chi connectivity index (χ0n) is 15.5. The minimum Gasteiger partial charge on any atom is -0.426 e. The SMILES string of the molecule is CC(C)c1ccc(OC(=O)C2CCCN(C(=O)C(C)(C)C)C2)cc1. The highest BCUT2D eigenvalue weighted by molar-refractivity contribution is 5.83. The summed E-state index contributed by atoms with van der Waals surface area (Å²) in [5.41, 5.74) is 0.799. The molecular weight excluding hydrogens is 302 g/mol. The van der Waals surface area contributed by atoms with Crippen molar-refractivity contribution in [3.63, 3.8) is 0 Å². The molecule has 0 spiro atoms. The van der Waals surface area contributed by atoms with Crippen LogP contribution in [0.2, 0.25) is 0 Å². The predicted octanol–water partition coefficient (Wildman–Crippen LogP) is 4.00. The average molecular weight is 331 g/mol. The number of ether oxygens (including phenoxy) is 1. The molecule has 0 aromatic heterocycles. The van der Waals surface area contributed by atoms with E-state index in [2.05, 4.69) is 13.8 Å². The van der Waals surface area contributed by atoms with Gasteiger partial charge in [0.15, 0.2) is 0 Å². The third-order valence-electron chi connectivity index (χ3n) is 4.45. The molecule has 1 aliphatic rings. The Morgan fingerprint density at radius 1 is 1.17 bits per heavy atom. The van der Waals surface area contributed by atoms with E-state index in [0.29, 0.717) is 18.2 Å². The largest absolute Gasteiger partial charge is 0.426 e. The quantitative estimate of drug-likeness (QED) is 0.621. The third kappa shape index (κ3) is 4.59. The molecule has 132 valence electrons. The van der Waals surface area contributed by atoms with Crippen LogP contribution in [-0.2, 0) is 9.59 Å². The van der Waals surface area contributed by atoms with Gasteiger partial charge >= 0.3 is 5.97 Å². The second-order valence-corrected chi connectivity index (χ2v) is 7.99. The van der Waals surface area contributed by atoms with E-state index in [-0.39, 0.29) is 17.8 Å². The zero-order valence-corrected chi connectivity index (χ0v) is 15.5. The van der Waals surface area contributed by atoms with Crippen molar-refractivity contribution in [2.24, 2.45) is 11.3 Å². The number of esters is 1. The van der Waals surface area contributed by atoms with Crippen molar-refractivity contribution >= 4 is 11.9 Å². The number of amides is 1. The molecule has 0 radical (unpaired) electrons. The highest BCUT2D eigenvalue weighted by Gasteiger charge is 2.34. The molecule has 0 aliphatic carbocycles. The van der Waals surface area contributed by atoms with Gasteiger partial charge in [-0.3, -0.25) is 9.59 Å². The molecule has 4 heteroatoms. The highest BCUT2D eigenvalue weighted by atomic mass is 16.5. The van der Waals surface area contributed by atoms with E-state index in [9.17, 15) is 9.59 Å². The molecule has 1 heterocycles. The lowest BCUT2D eigenvalue weighted by Crippen LogP contribution is -2.47. The molecule has 0 saturated carbocycles. The second kappa shape index (κ2) is 7.37. The van der Waals surface area contributed by atoms with E-state index in [4.69, 9.17) is 4.74 Å². The molecule has 24 heavy (non-hydrogen) atoms. The van der Waals surface area contributed by atoms with Gasteiger partial charge in [-0.25, -0.2) is 0 Å². The third-order valence-corrected chi connectivity index (χ3v) is 4.45. The Morgan fingerprint density at radius 3 is 2.33 bits per heavy atom. The number of rotatable bonds is 3. The molecular formula is C20H29NO3. The van der Waals surface area contributed by atoms with Crippen LogP contribution in [0, 0.1) is 11.3 Å². The van der Waals surface area contributed by atoms with Gasteiger partial charge in [-0.1, -0.05) is 46.8 Å². The van der Waals surface area contributed by atoms with Gasteiger partial charge < -0.3 is 9.64 Å². The standard InChI is InChI=1S/C20H29NO3/c1-14(2)15-8-10-17(11-9-15)24-18(22)16-7-6-12-21(13-16)19(23)20(3,4)5/h8-11,14,16H,6-7,12-13H2,1-5H3. The van der Waals surface area contributed by atoms with Crippen molar-refractivity contribution in [1.82, 2.24) is 4.90 Å². The molecule has 1 aromatic carbocycles. The van der Waals surface area contributed by atoms with E-state index in [0.717, 1.165) is 19.4 Å². The summed E-state index contributed by atoms with van der Waals surface area (Å²) < 4.78 is 5.53. The normalized spacial score (nSPS) is 18.6. The maximum atomic E-state index is 12.4. The molecule has 4 nitrogen and oxygen atoms in total. The lowest BCUT2D eigenvalue weighted by molar-refractivity contribution is -0.146. The van der Waals surface area contributed by atoms with E-state index in [1.54, 1.807) is 4.90 Å². The van der Waals surface area contributed by atoms with Crippen molar-refractivity contribution in [3.8, 4) is 5.75 Å². The van der Waals surface area contributed by atoms with Crippen molar-refractivity contribution < 1.29 is 14.3 Å². The van der Waals surface area contributed by atoms with Crippen LogP contribution < -0.4 is 4.74 Å². The Hall–Kier alpha value is -1.84. The van der Waals surface area contributed by atoms with Crippen LogP contribution in [0.15, 0.2) is 24.3 Å². The minimum absolute atomic E-state index is 0.0984. The maximum absolute atomic E-state index is 12.4. The van der Waals surface area contributed by atoms with Crippen molar-refractivity contribution in [1.29, 1.82) is 0 Å². The van der Waals surface area contributed by atoms with Gasteiger partial charge in [-0.15, -0.1) is 0 Å². The van der Waals surface area contributed by atoms with E-state index in [1.165, 1.54) is 5.56 Å². The fourth-order valence-corrected chi connectivity index (χ4v) is 2.95. The summed E-state index contributed by atoms with van der Waals surface area (Å²) in [7, 11) is 0. The second-order valence-electron chi connectivity index (χ2n) is 7.99. The molecule has 1 aliphatic heterocycles. The van der Waals surface area contributed by atoms with Crippen LogP contribution in [0.25, 0.3) is 0 Å². The Kier molecular flexibility index (Phi) is 5.68. The number of hydrogen-bond acceptors (Lipinski definition) is 3. The topological polar surface area (TPSA) is 46.6 Å². The Labute approximate surface area is 145 Å². The summed E-state index contributed by atoms with van der Waals surface area (Å²) in [5, 5.41) is 0. The highest BCUT2D eigenvalue weighted by Crippen LogP contribution is 2.25. The molecule has 1 fully saturated rings. The van der Waals surface area contributed by atoms with Crippen LogP contribution in [0.5, 0.6) is 5.75 Å². The van der Waals surface area contributed by atoms with Gasteiger partial charge in [-0.2, -0.15) is 0 Å². The molecule has 1 unspecified atom stereocenters. The summed E-state index contributed by atoms with van der Waals surface area (Å²) in [5.74, 6) is 0.642. The van der Waals surface area contributed by atoms with Crippen LogP contribution in [0.1, 0.15) is 58.9 Å². The summed E-state index contributed by atoms with van der Waals surface area (Å²) in [6.07, 6.45) is 1.62.